The molecule has 1 amide bonds. The van der Waals surface area contributed by atoms with Crippen molar-refractivity contribution in [2.24, 2.45) is 0 Å². The SMILES string of the molecule is CN1CCN(c2cnc3c(C4CCN(C(=O)OC(C)(C)C)CC4)ncnc3c2)CC1. The average molecular weight is 413 g/mol. The molecule has 162 valence electrons. The van der Waals surface area contributed by atoms with Gasteiger partial charge in [-0.25, -0.2) is 14.8 Å². The molecule has 2 saturated heterocycles. The summed E-state index contributed by atoms with van der Waals surface area (Å²) in [5, 5.41) is 0. The molecule has 2 aromatic heterocycles. The van der Waals surface area contributed by atoms with Crippen LogP contribution < -0.4 is 4.90 Å². The molecule has 2 fully saturated rings. The summed E-state index contributed by atoms with van der Waals surface area (Å²) in [6.07, 6.45) is 5.08. The molecule has 2 aromatic rings. The second kappa shape index (κ2) is 8.34. The Balaban J connectivity index is 1.47. The molecule has 0 aliphatic carbocycles. The number of aromatic nitrogens is 3. The van der Waals surface area contributed by atoms with Crippen LogP contribution in [0.5, 0.6) is 0 Å². The number of carbonyl (C=O) groups is 1. The number of piperazine rings is 1. The molecule has 2 aliphatic heterocycles. The first-order chi connectivity index (χ1) is 14.3. The highest BCUT2D eigenvalue weighted by Crippen LogP contribution is 2.31. The van der Waals surface area contributed by atoms with Gasteiger partial charge in [0.05, 0.1) is 23.1 Å². The quantitative estimate of drug-likeness (QED) is 0.751. The zero-order chi connectivity index (χ0) is 21.3. The summed E-state index contributed by atoms with van der Waals surface area (Å²) < 4.78 is 5.51. The summed E-state index contributed by atoms with van der Waals surface area (Å²) in [4.78, 5) is 32.7. The fraction of sp³-hybridized carbons (Fsp3) is 0.636. The van der Waals surface area contributed by atoms with Crippen molar-refractivity contribution in [3.8, 4) is 0 Å². The Morgan fingerprint density at radius 1 is 1.03 bits per heavy atom. The first kappa shape index (κ1) is 20.8. The van der Waals surface area contributed by atoms with Crippen LogP contribution in [-0.2, 0) is 4.74 Å². The Labute approximate surface area is 178 Å². The van der Waals surface area contributed by atoms with Gasteiger partial charge in [-0.15, -0.1) is 0 Å². The zero-order valence-electron chi connectivity index (χ0n) is 18.5. The number of anilines is 1. The van der Waals surface area contributed by atoms with Gasteiger partial charge in [-0.1, -0.05) is 0 Å². The van der Waals surface area contributed by atoms with Crippen molar-refractivity contribution in [3.63, 3.8) is 0 Å². The monoisotopic (exact) mass is 412 g/mol. The molecular formula is C22H32N6O2. The molecule has 0 spiro atoms. The van der Waals surface area contributed by atoms with Gasteiger partial charge in [-0.3, -0.25) is 4.98 Å². The molecule has 4 rings (SSSR count). The summed E-state index contributed by atoms with van der Waals surface area (Å²) in [5.41, 5.74) is 3.42. The average Bonchev–Trinajstić information content (AvgIpc) is 2.72. The number of piperidine rings is 1. The summed E-state index contributed by atoms with van der Waals surface area (Å²) >= 11 is 0. The Kier molecular flexibility index (Phi) is 5.77. The van der Waals surface area contributed by atoms with E-state index in [2.05, 4.69) is 32.9 Å². The molecule has 30 heavy (non-hydrogen) atoms. The van der Waals surface area contributed by atoms with E-state index in [4.69, 9.17) is 9.72 Å². The van der Waals surface area contributed by atoms with Crippen molar-refractivity contribution in [1.29, 1.82) is 0 Å². The Morgan fingerprint density at radius 2 is 1.73 bits per heavy atom. The second-order valence-electron chi connectivity index (χ2n) is 9.35. The van der Waals surface area contributed by atoms with Crippen LogP contribution in [0.1, 0.15) is 45.2 Å². The van der Waals surface area contributed by atoms with Crippen molar-refractivity contribution in [1.82, 2.24) is 24.8 Å². The summed E-state index contributed by atoms with van der Waals surface area (Å²) in [6, 6.07) is 2.13. The number of pyridine rings is 1. The van der Waals surface area contributed by atoms with Crippen LogP contribution in [-0.4, -0.2) is 82.8 Å². The molecule has 4 heterocycles. The molecule has 0 aromatic carbocycles. The Bertz CT molecular complexity index is 896. The number of likely N-dealkylation sites (tertiary alicyclic amines) is 1. The van der Waals surface area contributed by atoms with Crippen LogP contribution in [0, 0.1) is 0 Å². The van der Waals surface area contributed by atoms with E-state index in [0.717, 1.165) is 61.4 Å². The molecule has 0 unspecified atom stereocenters. The molecule has 2 aliphatic rings. The van der Waals surface area contributed by atoms with E-state index >= 15 is 0 Å². The molecule has 8 nitrogen and oxygen atoms in total. The minimum atomic E-state index is -0.470. The number of fused-ring (bicyclic) bond motifs is 1. The van der Waals surface area contributed by atoms with Gasteiger partial charge in [0.25, 0.3) is 0 Å². The summed E-state index contributed by atoms with van der Waals surface area (Å²) in [6.45, 7) is 11.2. The van der Waals surface area contributed by atoms with E-state index in [1.807, 2.05) is 27.0 Å². The maximum Gasteiger partial charge on any atom is 0.410 e. The zero-order valence-corrected chi connectivity index (χ0v) is 18.5. The number of likely N-dealkylation sites (N-methyl/N-ethyl adjacent to an activating group) is 1. The number of ether oxygens (including phenoxy) is 1. The third kappa shape index (κ3) is 4.64. The highest BCUT2D eigenvalue weighted by Gasteiger charge is 2.29. The largest absolute Gasteiger partial charge is 0.444 e. The maximum atomic E-state index is 12.3. The molecule has 0 radical (unpaired) electrons. The Hall–Kier alpha value is -2.48. The predicted octanol–water partition coefficient (Wildman–Crippen LogP) is 2.89. The van der Waals surface area contributed by atoms with Crippen LogP contribution in [0.25, 0.3) is 11.0 Å². The molecule has 0 N–H and O–H groups in total. The highest BCUT2D eigenvalue weighted by atomic mass is 16.6. The molecule has 8 heteroatoms. The summed E-state index contributed by atoms with van der Waals surface area (Å²) in [5.74, 6) is 0.274. The lowest BCUT2D eigenvalue weighted by Gasteiger charge is -2.34. The van der Waals surface area contributed by atoms with Gasteiger partial charge in [0.1, 0.15) is 17.4 Å². The van der Waals surface area contributed by atoms with Crippen LogP contribution in [0.2, 0.25) is 0 Å². The van der Waals surface area contributed by atoms with Gasteiger partial charge in [0.15, 0.2) is 0 Å². The van der Waals surface area contributed by atoms with E-state index in [1.54, 1.807) is 11.2 Å². The fourth-order valence-electron chi connectivity index (χ4n) is 4.15. The number of amides is 1. The van der Waals surface area contributed by atoms with E-state index in [0.29, 0.717) is 13.1 Å². The van der Waals surface area contributed by atoms with Crippen molar-refractivity contribution in [2.45, 2.75) is 45.1 Å². The van der Waals surface area contributed by atoms with Crippen LogP contribution >= 0.6 is 0 Å². The predicted molar refractivity (Wildman–Crippen MR) is 117 cm³/mol. The van der Waals surface area contributed by atoms with Gasteiger partial charge in [-0.05, 0) is 46.7 Å². The van der Waals surface area contributed by atoms with Gasteiger partial charge < -0.3 is 19.4 Å². The standard InChI is InChI=1S/C22H32N6O2/c1-22(2,3)30-21(29)28-7-5-16(6-8-28)19-20-18(24-15-25-19)13-17(14-23-20)27-11-9-26(4)10-12-27/h13-16H,5-12H2,1-4H3. The maximum absolute atomic E-state index is 12.3. The lowest BCUT2D eigenvalue weighted by molar-refractivity contribution is 0.0204. The first-order valence-corrected chi connectivity index (χ1v) is 10.8. The van der Waals surface area contributed by atoms with E-state index in [1.165, 1.54) is 0 Å². The number of hydrogen-bond donors (Lipinski definition) is 0. The third-order valence-corrected chi connectivity index (χ3v) is 5.89. The van der Waals surface area contributed by atoms with Crippen molar-refractivity contribution < 1.29 is 9.53 Å². The van der Waals surface area contributed by atoms with Gasteiger partial charge in [-0.2, -0.15) is 0 Å². The van der Waals surface area contributed by atoms with E-state index in [9.17, 15) is 4.79 Å². The first-order valence-electron chi connectivity index (χ1n) is 10.8. The van der Waals surface area contributed by atoms with E-state index < -0.39 is 5.60 Å². The minimum absolute atomic E-state index is 0.233. The molecule has 0 atom stereocenters. The second-order valence-corrected chi connectivity index (χ2v) is 9.35. The number of rotatable bonds is 2. The minimum Gasteiger partial charge on any atom is -0.444 e. The number of hydrogen-bond acceptors (Lipinski definition) is 7. The molecule has 0 saturated carbocycles. The van der Waals surface area contributed by atoms with Crippen molar-refractivity contribution in [3.05, 3.63) is 24.3 Å². The topological polar surface area (TPSA) is 74.7 Å². The lowest BCUT2D eigenvalue weighted by Crippen LogP contribution is -2.44. The van der Waals surface area contributed by atoms with Crippen LogP contribution in [0.15, 0.2) is 18.6 Å². The molecular weight excluding hydrogens is 380 g/mol. The fourth-order valence-corrected chi connectivity index (χ4v) is 4.15. The number of nitrogens with zero attached hydrogens (tertiary/aromatic N) is 6. The van der Waals surface area contributed by atoms with Gasteiger partial charge >= 0.3 is 6.09 Å². The normalized spacial score (nSPS) is 19.3. The Morgan fingerprint density at radius 3 is 2.40 bits per heavy atom. The highest BCUT2D eigenvalue weighted by molar-refractivity contribution is 5.80. The lowest BCUT2D eigenvalue weighted by atomic mass is 9.92. The smallest absolute Gasteiger partial charge is 0.410 e. The van der Waals surface area contributed by atoms with Crippen molar-refractivity contribution >= 4 is 22.8 Å². The number of carbonyl (C=O) groups excluding carboxylic acids is 1. The van der Waals surface area contributed by atoms with Gasteiger partial charge in [0.2, 0.25) is 0 Å². The van der Waals surface area contributed by atoms with Crippen molar-refractivity contribution in [2.75, 3.05) is 51.2 Å². The van der Waals surface area contributed by atoms with E-state index in [-0.39, 0.29) is 12.0 Å². The van der Waals surface area contributed by atoms with Crippen LogP contribution in [0.4, 0.5) is 10.5 Å². The summed E-state index contributed by atoms with van der Waals surface area (Å²) in [7, 11) is 2.16. The third-order valence-electron chi connectivity index (χ3n) is 5.89. The van der Waals surface area contributed by atoms with Gasteiger partial charge in [0, 0.05) is 45.2 Å². The van der Waals surface area contributed by atoms with Crippen LogP contribution in [0.3, 0.4) is 0 Å². The molecule has 0 bridgehead atoms.